The van der Waals surface area contributed by atoms with Gasteiger partial charge in [0, 0.05) is 19.3 Å². The first-order valence-corrected chi connectivity index (χ1v) is 7.07. The van der Waals surface area contributed by atoms with Crippen LogP contribution in [0.4, 0.5) is 4.39 Å². The predicted molar refractivity (Wildman–Crippen MR) is 75.0 cm³/mol. The Labute approximate surface area is 118 Å². The van der Waals surface area contributed by atoms with E-state index in [1.165, 1.54) is 6.07 Å². The first-order valence-electron chi connectivity index (χ1n) is 7.07. The molecule has 1 fully saturated rings. The number of carbonyl (C=O) groups is 1. The number of benzene rings is 1. The minimum atomic E-state index is -0.194. The smallest absolute Gasteiger partial charge is 0.234 e. The molecule has 1 aromatic carbocycles. The fourth-order valence-corrected chi connectivity index (χ4v) is 2.25. The Morgan fingerprint density at radius 2 is 2.05 bits per heavy atom. The van der Waals surface area contributed by atoms with E-state index in [-0.39, 0.29) is 24.3 Å². The standard InChI is InChI=1S/C15H21FN2O2/c16-14-4-2-1-3-12(14)5-8-17-11-15(19)18-13-6-9-20-10-7-13/h1-4,13,17H,5-11H2,(H,18,19). The van der Waals surface area contributed by atoms with Gasteiger partial charge in [-0.05, 0) is 37.4 Å². The summed E-state index contributed by atoms with van der Waals surface area (Å²) in [6.07, 6.45) is 2.33. The van der Waals surface area contributed by atoms with Crippen molar-refractivity contribution in [3.63, 3.8) is 0 Å². The lowest BCUT2D eigenvalue weighted by Gasteiger charge is -2.23. The lowest BCUT2D eigenvalue weighted by atomic mass is 10.1. The van der Waals surface area contributed by atoms with Gasteiger partial charge in [0.1, 0.15) is 5.82 Å². The van der Waals surface area contributed by atoms with Crippen molar-refractivity contribution in [3.05, 3.63) is 35.6 Å². The largest absolute Gasteiger partial charge is 0.381 e. The van der Waals surface area contributed by atoms with Crippen molar-refractivity contribution in [2.45, 2.75) is 25.3 Å². The van der Waals surface area contributed by atoms with Crippen molar-refractivity contribution in [2.75, 3.05) is 26.3 Å². The van der Waals surface area contributed by atoms with Gasteiger partial charge in [-0.3, -0.25) is 4.79 Å². The lowest BCUT2D eigenvalue weighted by Crippen LogP contribution is -2.43. The zero-order valence-corrected chi connectivity index (χ0v) is 11.5. The second kappa shape index (κ2) is 7.97. The monoisotopic (exact) mass is 280 g/mol. The summed E-state index contributed by atoms with van der Waals surface area (Å²) >= 11 is 0. The summed E-state index contributed by atoms with van der Waals surface area (Å²) in [6.45, 7) is 2.28. The van der Waals surface area contributed by atoms with Crippen LogP contribution in [0.5, 0.6) is 0 Å². The molecule has 4 nitrogen and oxygen atoms in total. The van der Waals surface area contributed by atoms with Gasteiger partial charge in [-0.15, -0.1) is 0 Å². The third kappa shape index (κ3) is 4.90. The first-order chi connectivity index (χ1) is 9.75. The maximum Gasteiger partial charge on any atom is 0.234 e. The molecule has 0 saturated carbocycles. The second-order valence-electron chi connectivity index (χ2n) is 4.97. The normalized spacial score (nSPS) is 16.1. The highest BCUT2D eigenvalue weighted by atomic mass is 19.1. The minimum Gasteiger partial charge on any atom is -0.381 e. The Morgan fingerprint density at radius 1 is 1.30 bits per heavy atom. The van der Waals surface area contributed by atoms with E-state index in [0.717, 1.165) is 12.8 Å². The van der Waals surface area contributed by atoms with E-state index >= 15 is 0 Å². The van der Waals surface area contributed by atoms with Gasteiger partial charge in [0.15, 0.2) is 0 Å². The van der Waals surface area contributed by atoms with E-state index < -0.39 is 0 Å². The average Bonchev–Trinajstić information content (AvgIpc) is 2.46. The van der Waals surface area contributed by atoms with Crippen molar-refractivity contribution in [1.29, 1.82) is 0 Å². The highest BCUT2D eigenvalue weighted by Crippen LogP contribution is 2.06. The molecule has 20 heavy (non-hydrogen) atoms. The Morgan fingerprint density at radius 3 is 2.80 bits per heavy atom. The molecule has 1 aliphatic heterocycles. The quantitative estimate of drug-likeness (QED) is 0.771. The van der Waals surface area contributed by atoms with Crippen molar-refractivity contribution in [3.8, 4) is 0 Å². The fraction of sp³-hybridized carbons (Fsp3) is 0.533. The highest BCUT2D eigenvalue weighted by molar-refractivity contribution is 5.78. The summed E-state index contributed by atoms with van der Waals surface area (Å²) in [5, 5.41) is 6.01. The molecule has 2 N–H and O–H groups in total. The van der Waals surface area contributed by atoms with Gasteiger partial charge in [0.25, 0.3) is 0 Å². The van der Waals surface area contributed by atoms with Gasteiger partial charge in [-0.1, -0.05) is 18.2 Å². The summed E-state index contributed by atoms with van der Waals surface area (Å²) < 4.78 is 18.6. The van der Waals surface area contributed by atoms with Crippen LogP contribution in [0, 0.1) is 5.82 Å². The number of amides is 1. The van der Waals surface area contributed by atoms with Crippen molar-refractivity contribution in [1.82, 2.24) is 10.6 Å². The Kier molecular flexibility index (Phi) is 5.95. The van der Waals surface area contributed by atoms with Gasteiger partial charge in [0.05, 0.1) is 6.54 Å². The Hall–Kier alpha value is -1.46. The number of nitrogens with one attached hydrogen (secondary N) is 2. The van der Waals surface area contributed by atoms with Crippen LogP contribution in [0.1, 0.15) is 18.4 Å². The van der Waals surface area contributed by atoms with Gasteiger partial charge < -0.3 is 15.4 Å². The zero-order valence-electron chi connectivity index (χ0n) is 11.5. The van der Waals surface area contributed by atoms with Gasteiger partial charge >= 0.3 is 0 Å². The zero-order chi connectivity index (χ0) is 14.2. The molecule has 1 aliphatic rings. The van der Waals surface area contributed by atoms with E-state index in [2.05, 4.69) is 10.6 Å². The summed E-state index contributed by atoms with van der Waals surface area (Å²) in [7, 11) is 0. The highest BCUT2D eigenvalue weighted by Gasteiger charge is 2.15. The van der Waals surface area contributed by atoms with Crippen LogP contribution in [-0.4, -0.2) is 38.3 Å². The maximum atomic E-state index is 13.4. The molecule has 0 radical (unpaired) electrons. The van der Waals surface area contributed by atoms with Crippen molar-refractivity contribution in [2.24, 2.45) is 0 Å². The number of hydrogen-bond donors (Lipinski definition) is 2. The number of hydrogen-bond acceptors (Lipinski definition) is 3. The molecule has 0 aliphatic carbocycles. The van der Waals surface area contributed by atoms with E-state index in [9.17, 15) is 9.18 Å². The van der Waals surface area contributed by atoms with E-state index in [4.69, 9.17) is 4.74 Å². The molecule has 0 bridgehead atoms. The van der Waals surface area contributed by atoms with E-state index in [1.807, 2.05) is 6.07 Å². The third-order valence-electron chi connectivity index (χ3n) is 3.40. The molecular weight excluding hydrogens is 259 g/mol. The molecule has 1 saturated heterocycles. The molecule has 0 atom stereocenters. The molecule has 2 rings (SSSR count). The van der Waals surface area contributed by atoms with Crippen LogP contribution in [0.3, 0.4) is 0 Å². The Balaban J connectivity index is 1.60. The lowest BCUT2D eigenvalue weighted by molar-refractivity contribution is -0.121. The van der Waals surface area contributed by atoms with Crippen molar-refractivity contribution >= 4 is 5.91 Å². The molecule has 5 heteroatoms. The topological polar surface area (TPSA) is 50.4 Å². The summed E-state index contributed by atoms with van der Waals surface area (Å²) in [5.41, 5.74) is 0.671. The molecule has 110 valence electrons. The van der Waals surface area contributed by atoms with Crippen LogP contribution in [-0.2, 0) is 16.0 Å². The summed E-state index contributed by atoms with van der Waals surface area (Å²) in [6, 6.07) is 6.93. The third-order valence-corrected chi connectivity index (χ3v) is 3.40. The van der Waals surface area contributed by atoms with Gasteiger partial charge in [0.2, 0.25) is 5.91 Å². The molecule has 0 unspecified atom stereocenters. The maximum absolute atomic E-state index is 13.4. The second-order valence-corrected chi connectivity index (χ2v) is 4.97. The van der Waals surface area contributed by atoms with E-state index in [1.54, 1.807) is 12.1 Å². The van der Waals surface area contributed by atoms with Crippen LogP contribution in [0.2, 0.25) is 0 Å². The molecular formula is C15H21FN2O2. The molecule has 1 amide bonds. The number of carbonyl (C=O) groups excluding carboxylic acids is 1. The summed E-state index contributed by atoms with van der Waals surface area (Å²) in [4.78, 5) is 11.7. The number of ether oxygens (including phenoxy) is 1. The number of halogens is 1. The van der Waals surface area contributed by atoms with Crippen LogP contribution >= 0.6 is 0 Å². The predicted octanol–water partition coefficient (Wildman–Crippen LogP) is 1.25. The molecule has 0 aromatic heterocycles. The van der Waals surface area contributed by atoms with Gasteiger partial charge in [-0.2, -0.15) is 0 Å². The molecule has 0 spiro atoms. The molecule has 1 aromatic rings. The number of rotatable bonds is 6. The van der Waals surface area contributed by atoms with Crippen LogP contribution in [0.25, 0.3) is 0 Å². The van der Waals surface area contributed by atoms with Crippen LogP contribution < -0.4 is 10.6 Å². The van der Waals surface area contributed by atoms with Crippen molar-refractivity contribution < 1.29 is 13.9 Å². The molecule has 1 heterocycles. The fourth-order valence-electron chi connectivity index (χ4n) is 2.25. The van der Waals surface area contributed by atoms with Gasteiger partial charge in [-0.25, -0.2) is 4.39 Å². The SMILES string of the molecule is O=C(CNCCc1ccccc1F)NC1CCOCC1. The summed E-state index contributed by atoms with van der Waals surface area (Å²) in [5.74, 6) is -0.202. The first kappa shape index (κ1) is 14.9. The van der Waals surface area contributed by atoms with Crippen LogP contribution in [0.15, 0.2) is 24.3 Å². The minimum absolute atomic E-state index is 0.00886. The Bertz CT molecular complexity index is 434. The van der Waals surface area contributed by atoms with E-state index in [0.29, 0.717) is 31.7 Å². The average molecular weight is 280 g/mol.